The summed E-state index contributed by atoms with van der Waals surface area (Å²) in [5.41, 5.74) is 0.812. The molecule has 1 aliphatic carbocycles. The number of benzene rings is 1. The molecular formula is C21H34N3O3S+. The number of amides is 1. The number of carbonyl (C=O) groups excluding carboxylic acids is 1. The number of nitrogens with zero attached hydrogens (tertiary/aromatic N) is 1. The molecule has 0 spiro atoms. The van der Waals surface area contributed by atoms with Crippen molar-refractivity contribution in [3.8, 4) is 0 Å². The van der Waals surface area contributed by atoms with Gasteiger partial charge in [-0.1, -0.05) is 57.0 Å². The highest BCUT2D eigenvalue weighted by molar-refractivity contribution is 7.88. The first-order chi connectivity index (χ1) is 13.3. The van der Waals surface area contributed by atoms with Crippen molar-refractivity contribution in [3.05, 3.63) is 35.9 Å². The molecule has 2 fully saturated rings. The number of hydrogen-bond donors (Lipinski definition) is 2. The molecule has 6 nitrogen and oxygen atoms in total. The molecule has 0 bridgehead atoms. The summed E-state index contributed by atoms with van der Waals surface area (Å²) in [6.45, 7) is 7.25. The highest BCUT2D eigenvalue weighted by Gasteiger charge is 2.32. The average Bonchev–Trinajstić information content (AvgIpc) is 2.66. The van der Waals surface area contributed by atoms with Crippen LogP contribution >= 0.6 is 0 Å². The normalized spacial score (nSPS) is 27.4. The number of sulfonamides is 1. The number of hydrogen-bond acceptors (Lipinski definition) is 3. The van der Waals surface area contributed by atoms with E-state index >= 15 is 0 Å². The van der Waals surface area contributed by atoms with E-state index in [0.29, 0.717) is 44.6 Å². The van der Waals surface area contributed by atoms with Gasteiger partial charge in [0, 0.05) is 6.04 Å². The summed E-state index contributed by atoms with van der Waals surface area (Å²) in [5.74, 6) is 1.32. The van der Waals surface area contributed by atoms with Crippen molar-refractivity contribution in [1.82, 2.24) is 9.62 Å². The zero-order valence-electron chi connectivity index (χ0n) is 17.1. The number of nitrogens with one attached hydrogen (secondary N) is 2. The SMILES string of the molecule is C[C@@H]1[C@@H](C)CCC[C@H]1NC(=O)C[NH+]1CCN(S(=O)(=O)Cc2ccccc2)CC1. The van der Waals surface area contributed by atoms with E-state index in [9.17, 15) is 13.2 Å². The van der Waals surface area contributed by atoms with Crippen LogP contribution in [0.2, 0.25) is 0 Å². The van der Waals surface area contributed by atoms with Gasteiger partial charge in [-0.2, -0.15) is 4.31 Å². The monoisotopic (exact) mass is 408 g/mol. The van der Waals surface area contributed by atoms with E-state index in [1.54, 1.807) is 4.31 Å². The molecule has 1 saturated heterocycles. The zero-order chi connectivity index (χ0) is 20.1. The van der Waals surface area contributed by atoms with Crippen molar-refractivity contribution in [3.63, 3.8) is 0 Å². The number of carbonyl (C=O) groups is 1. The van der Waals surface area contributed by atoms with Crippen LogP contribution in [-0.4, -0.2) is 57.4 Å². The van der Waals surface area contributed by atoms with E-state index in [4.69, 9.17) is 0 Å². The molecule has 2 N–H and O–H groups in total. The van der Waals surface area contributed by atoms with Crippen molar-refractivity contribution in [1.29, 1.82) is 0 Å². The molecule has 156 valence electrons. The Bertz CT molecular complexity index is 745. The van der Waals surface area contributed by atoms with Gasteiger partial charge in [0.25, 0.3) is 5.91 Å². The lowest BCUT2D eigenvalue weighted by atomic mass is 9.78. The smallest absolute Gasteiger partial charge is 0.275 e. The molecule has 0 aromatic heterocycles. The van der Waals surface area contributed by atoms with Gasteiger partial charge in [-0.15, -0.1) is 0 Å². The molecule has 0 radical (unpaired) electrons. The van der Waals surface area contributed by atoms with Crippen molar-refractivity contribution < 1.29 is 18.1 Å². The molecule has 3 rings (SSSR count). The third-order valence-corrected chi connectivity index (χ3v) is 8.33. The Morgan fingerprint density at radius 1 is 1.14 bits per heavy atom. The summed E-state index contributed by atoms with van der Waals surface area (Å²) >= 11 is 0. The van der Waals surface area contributed by atoms with Gasteiger partial charge in [-0.25, -0.2) is 8.42 Å². The summed E-state index contributed by atoms with van der Waals surface area (Å²) in [6, 6.07) is 9.58. The summed E-state index contributed by atoms with van der Waals surface area (Å²) in [7, 11) is -3.30. The third kappa shape index (κ3) is 5.55. The Kier molecular flexibility index (Phi) is 7.12. The number of piperazine rings is 1. The van der Waals surface area contributed by atoms with Crippen LogP contribution in [0.4, 0.5) is 0 Å². The standard InChI is InChI=1S/C21H33N3O3S/c1-17-7-6-10-20(18(17)2)22-21(25)15-23-11-13-24(14-12-23)28(26,27)16-19-8-4-3-5-9-19/h3-5,8-9,17-18,20H,6-7,10-16H2,1-2H3,(H,22,25)/p+1/t17-,18+,20+/m0/s1. The molecule has 1 saturated carbocycles. The van der Waals surface area contributed by atoms with Crippen molar-refractivity contribution >= 4 is 15.9 Å². The molecule has 28 heavy (non-hydrogen) atoms. The lowest BCUT2D eigenvalue weighted by molar-refractivity contribution is -0.895. The van der Waals surface area contributed by atoms with Gasteiger partial charge >= 0.3 is 0 Å². The maximum absolute atomic E-state index is 12.7. The second kappa shape index (κ2) is 9.37. The molecule has 1 aromatic rings. The Morgan fingerprint density at radius 3 is 2.50 bits per heavy atom. The van der Waals surface area contributed by atoms with Crippen LogP contribution in [0, 0.1) is 11.8 Å². The maximum atomic E-state index is 12.7. The molecule has 0 unspecified atom stereocenters. The Morgan fingerprint density at radius 2 is 1.82 bits per heavy atom. The van der Waals surface area contributed by atoms with Crippen LogP contribution in [0.5, 0.6) is 0 Å². The van der Waals surface area contributed by atoms with Crippen LogP contribution in [0.3, 0.4) is 0 Å². The Labute approximate surface area is 169 Å². The van der Waals surface area contributed by atoms with E-state index in [2.05, 4.69) is 19.2 Å². The average molecular weight is 409 g/mol. The molecule has 1 amide bonds. The van der Waals surface area contributed by atoms with Gasteiger partial charge in [0.1, 0.15) is 0 Å². The summed E-state index contributed by atoms with van der Waals surface area (Å²) in [4.78, 5) is 13.7. The van der Waals surface area contributed by atoms with Gasteiger partial charge in [0.05, 0.1) is 31.9 Å². The van der Waals surface area contributed by atoms with Gasteiger partial charge in [0.15, 0.2) is 6.54 Å². The van der Waals surface area contributed by atoms with Gasteiger partial charge < -0.3 is 10.2 Å². The summed E-state index contributed by atoms with van der Waals surface area (Å²) < 4.78 is 26.9. The molecule has 2 aliphatic rings. The van der Waals surface area contributed by atoms with E-state index in [1.165, 1.54) is 17.7 Å². The first-order valence-corrected chi connectivity index (χ1v) is 12.1. The molecule has 1 aromatic carbocycles. The second-order valence-electron chi connectivity index (χ2n) is 8.51. The molecule has 7 heteroatoms. The zero-order valence-corrected chi connectivity index (χ0v) is 17.9. The minimum absolute atomic E-state index is 0.0431. The highest BCUT2D eigenvalue weighted by Crippen LogP contribution is 2.29. The fraction of sp³-hybridized carbons (Fsp3) is 0.667. The van der Waals surface area contributed by atoms with E-state index in [0.717, 1.165) is 12.0 Å². The first kappa shape index (κ1) is 21.3. The Hall–Kier alpha value is -1.44. The predicted molar refractivity (Wildman–Crippen MR) is 110 cm³/mol. The molecule has 1 aliphatic heterocycles. The van der Waals surface area contributed by atoms with Crippen molar-refractivity contribution in [2.75, 3.05) is 32.7 Å². The van der Waals surface area contributed by atoms with Crippen molar-refractivity contribution in [2.24, 2.45) is 11.8 Å². The van der Waals surface area contributed by atoms with Gasteiger partial charge in [-0.05, 0) is 23.8 Å². The minimum Gasteiger partial charge on any atom is -0.348 e. The molecular weight excluding hydrogens is 374 g/mol. The molecule has 3 atom stereocenters. The lowest BCUT2D eigenvalue weighted by Crippen LogP contribution is -3.15. The second-order valence-corrected chi connectivity index (χ2v) is 10.5. The van der Waals surface area contributed by atoms with Crippen LogP contribution in [0.15, 0.2) is 30.3 Å². The van der Waals surface area contributed by atoms with Crippen LogP contribution in [-0.2, 0) is 20.6 Å². The van der Waals surface area contributed by atoms with Gasteiger partial charge in [0.2, 0.25) is 10.0 Å². The van der Waals surface area contributed by atoms with Gasteiger partial charge in [-0.3, -0.25) is 4.79 Å². The summed E-state index contributed by atoms with van der Waals surface area (Å²) in [6.07, 6.45) is 3.50. The van der Waals surface area contributed by atoms with E-state index in [1.807, 2.05) is 30.3 Å². The predicted octanol–water partition coefficient (Wildman–Crippen LogP) is 0.658. The molecule has 1 heterocycles. The largest absolute Gasteiger partial charge is 0.348 e. The van der Waals surface area contributed by atoms with Crippen LogP contribution < -0.4 is 10.2 Å². The lowest BCUT2D eigenvalue weighted by Gasteiger charge is -2.35. The number of quaternary nitrogens is 1. The Balaban J connectivity index is 1.45. The fourth-order valence-electron chi connectivity index (χ4n) is 4.40. The van der Waals surface area contributed by atoms with Crippen LogP contribution in [0.25, 0.3) is 0 Å². The van der Waals surface area contributed by atoms with E-state index < -0.39 is 10.0 Å². The van der Waals surface area contributed by atoms with E-state index in [-0.39, 0.29) is 17.7 Å². The topological polar surface area (TPSA) is 70.9 Å². The number of rotatable bonds is 6. The third-order valence-electron chi connectivity index (χ3n) is 6.48. The maximum Gasteiger partial charge on any atom is 0.275 e. The van der Waals surface area contributed by atoms with Crippen LogP contribution in [0.1, 0.15) is 38.7 Å². The summed E-state index contributed by atoms with van der Waals surface area (Å²) in [5, 5.41) is 3.23. The highest BCUT2D eigenvalue weighted by atomic mass is 32.2. The first-order valence-electron chi connectivity index (χ1n) is 10.5. The fourth-order valence-corrected chi connectivity index (χ4v) is 5.94. The van der Waals surface area contributed by atoms with Crippen molar-refractivity contribution in [2.45, 2.75) is 44.9 Å². The minimum atomic E-state index is -3.30. The quantitative estimate of drug-likeness (QED) is 0.726.